The molecule has 1 heterocycles. The van der Waals surface area contributed by atoms with Crippen molar-refractivity contribution in [1.29, 1.82) is 0 Å². The van der Waals surface area contributed by atoms with E-state index >= 15 is 0 Å². The van der Waals surface area contributed by atoms with E-state index < -0.39 is 11.6 Å². The van der Waals surface area contributed by atoms with Crippen molar-refractivity contribution in [3.63, 3.8) is 0 Å². The highest BCUT2D eigenvalue weighted by Crippen LogP contribution is 2.34. The molecule has 0 aliphatic heterocycles. The molecule has 4 heteroatoms. The van der Waals surface area contributed by atoms with E-state index in [-0.39, 0.29) is 6.61 Å². The molecule has 0 bridgehead atoms. The molecule has 0 amide bonds. The second-order valence-electron chi connectivity index (χ2n) is 7.23. The van der Waals surface area contributed by atoms with Crippen LogP contribution in [0.4, 0.5) is 0 Å². The number of H-pyrrole nitrogens is 1. The van der Waals surface area contributed by atoms with Crippen molar-refractivity contribution in [3.8, 4) is 5.75 Å². The van der Waals surface area contributed by atoms with Crippen LogP contribution >= 0.6 is 0 Å². The molecule has 0 fully saturated rings. The summed E-state index contributed by atoms with van der Waals surface area (Å²) in [6.45, 7) is 3.95. The lowest BCUT2D eigenvalue weighted by Gasteiger charge is -2.29. The zero-order valence-corrected chi connectivity index (χ0v) is 16.5. The number of aromatic nitrogens is 1. The number of hydrogen-bond acceptors (Lipinski definition) is 3. The summed E-state index contributed by atoms with van der Waals surface area (Å²) < 4.78 is 12.0. The fraction of sp³-hybridized carbons (Fsp3) is 0.160. The molecular weight excluding hydrogens is 362 g/mol. The Kier molecular flexibility index (Phi) is 5.09. The van der Waals surface area contributed by atoms with Crippen molar-refractivity contribution in [2.24, 2.45) is 0 Å². The lowest BCUT2D eigenvalue weighted by atomic mass is 9.95. The van der Waals surface area contributed by atoms with Gasteiger partial charge in [-0.15, -0.1) is 0 Å². The summed E-state index contributed by atoms with van der Waals surface area (Å²) in [4.78, 5) is 16.5. The predicted molar refractivity (Wildman–Crippen MR) is 114 cm³/mol. The largest absolute Gasteiger partial charge is 0.470 e. The van der Waals surface area contributed by atoms with Crippen molar-refractivity contribution in [3.05, 3.63) is 102 Å². The molecule has 1 aromatic heterocycles. The molecule has 4 aromatic rings. The SMILES string of the molecule is Cc1cc2c(OC(C)(C(=O)OCc3ccccc3)c3ccccc3)cccc2[nH]1. The fourth-order valence-corrected chi connectivity index (χ4v) is 3.41. The van der Waals surface area contributed by atoms with E-state index in [4.69, 9.17) is 9.47 Å². The number of aryl methyl sites for hydroxylation is 1. The molecule has 0 spiro atoms. The van der Waals surface area contributed by atoms with E-state index in [9.17, 15) is 4.79 Å². The molecule has 0 aliphatic carbocycles. The summed E-state index contributed by atoms with van der Waals surface area (Å²) in [5.41, 5.74) is 2.38. The average Bonchev–Trinajstić information content (AvgIpc) is 3.14. The van der Waals surface area contributed by atoms with Gasteiger partial charge < -0.3 is 14.5 Å². The molecule has 1 unspecified atom stereocenters. The van der Waals surface area contributed by atoms with Crippen molar-refractivity contribution in [1.82, 2.24) is 4.98 Å². The van der Waals surface area contributed by atoms with E-state index in [0.717, 1.165) is 27.7 Å². The summed E-state index contributed by atoms with van der Waals surface area (Å²) in [5.74, 6) is 0.201. The maximum atomic E-state index is 13.2. The standard InChI is InChI=1S/C25H23NO3/c1-18-16-21-22(26-18)14-9-15-23(21)29-25(2,20-12-7-4-8-13-20)24(27)28-17-19-10-5-3-6-11-19/h3-16,26H,17H2,1-2H3. The third-order valence-electron chi connectivity index (χ3n) is 5.00. The van der Waals surface area contributed by atoms with Gasteiger partial charge in [-0.05, 0) is 37.6 Å². The van der Waals surface area contributed by atoms with Crippen LogP contribution < -0.4 is 4.74 Å². The van der Waals surface area contributed by atoms with Crippen molar-refractivity contribution in [2.75, 3.05) is 0 Å². The van der Waals surface area contributed by atoms with Gasteiger partial charge in [0.2, 0.25) is 5.60 Å². The topological polar surface area (TPSA) is 51.3 Å². The van der Waals surface area contributed by atoms with Crippen LogP contribution in [0.5, 0.6) is 5.75 Å². The minimum absolute atomic E-state index is 0.193. The van der Waals surface area contributed by atoms with Crippen LogP contribution in [-0.4, -0.2) is 11.0 Å². The zero-order valence-electron chi connectivity index (χ0n) is 16.5. The maximum absolute atomic E-state index is 13.2. The van der Waals surface area contributed by atoms with Gasteiger partial charge in [0.1, 0.15) is 12.4 Å². The summed E-state index contributed by atoms with van der Waals surface area (Å²) in [6, 6.07) is 26.9. The minimum atomic E-state index is -1.28. The van der Waals surface area contributed by atoms with E-state index in [1.54, 1.807) is 6.92 Å². The monoisotopic (exact) mass is 385 g/mol. The van der Waals surface area contributed by atoms with Crippen LogP contribution in [-0.2, 0) is 21.7 Å². The summed E-state index contributed by atoms with van der Waals surface area (Å²) in [6.07, 6.45) is 0. The van der Waals surface area contributed by atoms with Gasteiger partial charge in [0.25, 0.3) is 0 Å². The molecule has 29 heavy (non-hydrogen) atoms. The van der Waals surface area contributed by atoms with Crippen LogP contribution in [0.2, 0.25) is 0 Å². The molecule has 1 atom stereocenters. The number of esters is 1. The summed E-state index contributed by atoms with van der Waals surface area (Å²) >= 11 is 0. The second-order valence-corrected chi connectivity index (χ2v) is 7.23. The quantitative estimate of drug-likeness (QED) is 0.445. The van der Waals surface area contributed by atoms with Crippen molar-refractivity contribution in [2.45, 2.75) is 26.1 Å². The smallest absolute Gasteiger partial charge is 0.355 e. The number of carbonyl (C=O) groups excluding carboxylic acids is 1. The first-order chi connectivity index (χ1) is 14.1. The van der Waals surface area contributed by atoms with Gasteiger partial charge in [-0.25, -0.2) is 4.79 Å². The molecule has 4 rings (SSSR count). The van der Waals surface area contributed by atoms with E-state index in [2.05, 4.69) is 4.98 Å². The molecule has 0 saturated carbocycles. The molecule has 4 nitrogen and oxygen atoms in total. The number of benzene rings is 3. The van der Waals surface area contributed by atoms with Gasteiger partial charge >= 0.3 is 5.97 Å². The van der Waals surface area contributed by atoms with Gasteiger partial charge in [-0.1, -0.05) is 66.7 Å². The number of aromatic amines is 1. The van der Waals surface area contributed by atoms with Crippen LogP contribution in [0.15, 0.2) is 84.9 Å². The fourth-order valence-electron chi connectivity index (χ4n) is 3.41. The highest BCUT2D eigenvalue weighted by atomic mass is 16.6. The Morgan fingerprint density at radius 1 is 0.931 bits per heavy atom. The zero-order chi connectivity index (χ0) is 20.3. The van der Waals surface area contributed by atoms with Gasteiger partial charge in [0.15, 0.2) is 0 Å². The van der Waals surface area contributed by atoms with Crippen molar-refractivity contribution >= 4 is 16.9 Å². The van der Waals surface area contributed by atoms with Crippen LogP contribution in [0.1, 0.15) is 23.7 Å². The van der Waals surface area contributed by atoms with E-state index in [0.29, 0.717) is 5.75 Å². The van der Waals surface area contributed by atoms with E-state index in [1.165, 1.54) is 0 Å². The third kappa shape index (κ3) is 3.87. The number of nitrogens with one attached hydrogen (secondary N) is 1. The predicted octanol–water partition coefficient (Wildman–Crippen LogP) is 5.51. The normalized spacial score (nSPS) is 13.0. The molecule has 146 valence electrons. The minimum Gasteiger partial charge on any atom is -0.470 e. The van der Waals surface area contributed by atoms with Crippen molar-refractivity contribution < 1.29 is 14.3 Å². The van der Waals surface area contributed by atoms with E-state index in [1.807, 2.05) is 91.9 Å². The summed E-state index contributed by atoms with van der Waals surface area (Å²) in [7, 11) is 0. The Bertz CT molecular complexity index is 1120. The Morgan fingerprint density at radius 2 is 1.62 bits per heavy atom. The molecular formula is C25H23NO3. The molecule has 1 N–H and O–H groups in total. The Morgan fingerprint density at radius 3 is 2.34 bits per heavy atom. The lowest BCUT2D eigenvalue weighted by molar-refractivity contribution is -0.163. The Hall–Kier alpha value is -3.53. The van der Waals surface area contributed by atoms with Gasteiger partial charge in [0.05, 0.1) is 0 Å². The van der Waals surface area contributed by atoms with Gasteiger partial charge in [-0.2, -0.15) is 0 Å². The highest BCUT2D eigenvalue weighted by Gasteiger charge is 2.40. The molecule has 3 aromatic carbocycles. The molecule has 0 aliphatic rings. The Labute approximate surface area is 170 Å². The Balaban J connectivity index is 1.68. The lowest BCUT2D eigenvalue weighted by Crippen LogP contribution is -2.40. The van der Waals surface area contributed by atoms with Gasteiger partial charge in [-0.3, -0.25) is 0 Å². The van der Waals surface area contributed by atoms with Crippen LogP contribution in [0.3, 0.4) is 0 Å². The molecule has 0 saturated heterocycles. The number of ether oxygens (including phenoxy) is 2. The first kappa shape index (κ1) is 18.8. The first-order valence-corrected chi connectivity index (χ1v) is 9.60. The van der Waals surface area contributed by atoms with Gasteiger partial charge in [0, 0.05) is 22.2 Å². The first-order valence-electron chi connectivity index (χ1n) is 9.60. The molecule has 0 radical (unpaired) electrons. The third-order valence-corrected chi connectivity index (χ3v) is 5.00. The number of hydrogen-bond donors (Lipinski definition) is 1. The summed E-state index contributed by atoms with van der Waals surface area (Å²) in [5, 5.41) is 0.933. The number of carbonyl (C=O) groups is 1. The number of rotatable bonds is 6. The van der Waals surface area contributed by atoms with Crippen LogP contribution in [0.25, 0.3) is 10.9 Å². The average molecular weight is 385 g/mol. The maximum Gasteiger partial charge on any atom is 0.355 e. The van der Waals surface area contributed by atoms with Crippen LogP contribution in [0, 0.1) is 6.92 Å². The second kappa shape index (κ2) is 7.84. The number of fused-ring (bicyclic) bond motifs is 1. The highest BCUT2D eigenvalue weighted by molar-refractivity contribution is 5.88.